The largest absolute Gasteiger partial charge is 0.349 e. The molecule has 1 saturated carbocycles. The summed E-state index contributed by atoms with van der Waals surface area (Å²) >= 11 is 0. The summed E-state index contributed by atoms with van der Waals surface area (Å²) in [5.41, 5.74) is 3.32. The van der Waals surface area contributed by atoms with Gasteiger partial charge in [-0.15, -0.1) is 0 Å². The second-order valence-electron chi connectivity index (χ2n) is 9.36. The third-order valence-corrected chi connectivity index (χ3v) is 7.10. The Kier molecular flexibility index (Phi) is 6.44. The second-order valence-corrected chi connectivity index (χ2v) is 9.36. The topological polar surface area (TPSA) is 58.1 Å². The van der Waals surface area contributed by atoms with E-state index in [9.17, 15) is 4.79 Å². The summed E-state index contributed by atoms with van der Waals surface area (Å²) in [7, 11) is 0. The van der Waals surface area contributed by atoms with Gasteiger partial charge in [-0.1, -0.05) is 37.5 Å². The third kappa shape index (κ3) is 4.83. The molecule has 32 heavy (non-hydrogen) atoms. The molecular formula is C27H32N4O. The molecule has 3 aromatic rings. The van der Waals surface area contributed by atoms with Gasteiger partial charge < -0.3 is 10.2 Å². The Morgan fingerprint density at radius 3 is 2.50 bits per heavy atom. The molecule has 2 fully saturated rings. The van der Waals surface area contributed by atoms with Crippen molar-refractivity contribution in [3.05, 3.63) is 60.4 Å². The van der Waals surface area contributed by atoms with Gasteiger partial charge in [0.25, 0.3) is 5.91 Å². The van der Waals surface area contributed by atoms with Crippen LogP contribution in [0.1, 0.15) is 55.3 Å². The highest BCUT2D eigenvalue weighted by molar-refractivity contribution is 6.07. The van der Waals surface area contributed by atoms with Crippen LogP contribution in [0.4, 0.5) is 0 Å². The molecule has 0 spiro atoms. The Hall–Kier alpha value is -2.79. The first-order valence-electron chi connectivity index (χ1n) is 12.1. The zero-order chi connectivity index (χ0) is 21.8. The first-order valence-corrected chi connectivity index (χ1v) is 12.1. The average Bonchev–Trinajstić information content (AvgIpc) is 2.85. The van der Waals surface area contributed by atoms with Crippen molar-refractivity contribution < 1.29 is 4.79 Å². The summed E-state index contributed by atoms with van der Waals surface area (Å²) < 4.78 is 0. The molecule has 0 atom stereocenters. The lowest BCUT2D eigenvalue weighted by Gasteiger charge is -2.35. The zero-order valence-corrected chi connectivity index (χ0v) is 18.7. The number of nitrogens with one attached hydrogen (secondary N) is 1. The van der Waals surface area contributed by atoms with Gasteiger partial charge in [0.2, 0.25) is 0 Å². The molecule has 0 unspecified atom stereocenters. The first-order chi connectivity index (χ1) is 15.8. The number of rotatable bonds is 5. The Bertz CT molecular complexity index is 1050. The lowest BCUT2D eigenvalue weighted by Crippen LogP contribution is -2.46. The van der Waals surface area contributed by atoms with Crippen LogP contribution in [0.15, 0.2) is 54.9 Å². The predicted octanol–water partition coefficient (Wildman–Crippen LogP) is 5.07. The van der Waals surface area contributed by atoms with Gasteiger partial charge in [-0.05, 0) is 55.9 Å². The molecule has 5 nitrogen and oxygen atoms in total. The Labute approximate surface area is 190 Å². The van der Waals surface area contributed by atoms with Crippen LogP contribution in [-0.4, -0.2) is 46.5 Å². The molecule has 2 aliphatic rings. The van der Waals surface area contributed by atoms with Gasteiger partial charge in [0.05, 0.1) is 16.8 Å². The summed E-state index contributed by atoms with van der Waals surface area (Å²) in [4.78, 5) is 24.8. The van der Waals surface area contributed by atoms with Gasteiger partial charge in [0, 0.05) is 49.0 Å². The van der Waals surface area contributed by atoms with Crippen LogP contribution in [0.25, 0.3) is 22.2 Å². The number of likely N-dealkylation sites (tertiary alicyclic amines) is 1. The highest BCUT2D eigenvalue weighted by atomic mass is 16.1. The van der Waals surface area contributed by atoms with Gasteiger partial charge in [0.1, 0.15) is 0 Å². The number of fused-ring (bicyclic) bond motifs is 1. The summed E-state index contributed by atoms with van der Waals surface area (Å²) in [5.74, 6) is 0.884. The monoisotopic (exact) mass is 428 g/mol. The van der Waals surface area contributed by atoms with E-state index in [1.54, 1.807) is 12.4 Å². The molecule has 1 saturated heterocycles. The minimum Gasteiger partial charge on any atom is -0.349 e. The molecule has 5 rings (SSSR count). The Morgan fingerprint density at radius 1 is 0.969 bits per heavy atom. The van der Waals surface area contributed by atoms with Crippen molar-refractivity contribution in [2.24, 2.45) is 5.92 Å². The van der Waals surface area contributed by atoms with E-state index in [0.29, 0.717) is 5.56 Å². The number of amides is 1. The number of nitrogens with zero attached hydrogens (tertiary/aromatic N) is 3. The molecular weight excluding hydrogens is 396 g/mol. The lowest BCUT2D eigenvalue weighted by molar-refractivity contribution is 0.0903. The van der Waals surface area contributed by atoms with Gasteiger partial charge in [-0.2, -0.15) is 0 Å². The van der Waals surface area contributed by atoms with Crippen LogP contribution in [0.2, 0.25) is 0 Å². The van der Waals surface area contributed by atoms with Gasteiger partial charge >= 0.3 is 0 Å². The number of aromatic nitrogens is 2. The molecule has 1 amide bonds. The predicted molar refractivity (Wildman–Crippen MR) is 128 cm³/mol. The van der Waals surface area contributed by atoms with E-state index in [0.717, 1.165) is 54.0 Å². The van der Waals surface area contributed by atoms with E-state index in [1.165, 1.54) is 38.6 Å². The Morgan fingerprint density at radius 2 is 1.72 bits per heavy atom. The van der Waals surface area contributed by atoms with Crippen molar-refractivity contribution >= 4 is 16.8 Å². The van der Waals surface area contributed by atoms with E-state index in [4.69, 9.17) is 4.98 Å². The van der Waals surface area contributed by atoms with Crippen LogP contribution in [0, 0.1) is 5.92 Å². The van der Waals surface area contributed by atoms with Crippen molar-refractivity contribution in [2.75, 3.05) is 19.6 Å². The second kappa shape index (κ2) is 9.78. The van der Waals surface area contributed by atoms with Crippen molar-refractivity contribution in [3.63, 3.8) is 0 Å². The zero-order valence-electron chi connectivity index (χ0n) is 18.7. The molecule has 1 aliphatic heterocycles. The fraction of sp³-hybridized carbons (Fsp3) is 0.444. The van der Waals surface area contributed by atoms with Crippen molar-refractivity contribution in [3.8, 4) is 11.3 Å². The van der Waals surface area contributed by atoms with E-state index >= 15 is 0 Å². The Balaban J connectivity index is 1.28. The van der Waals surface area contributed by atoms with Crippen molar-refractivity contribution in [2.45, 2.75) is 51.0 Å². The number of hydrogen-bond acceptors (Lipinski definition) is 4. The van der Waals surface area contributed by atoms with Gasteiger partial charge in [0.15, 0.2) is 0 Å². The highest BCUT2D eigenvalue weighted by Gasteiger charge is 2.24. The van der Waals surface area contributed by atoms with Crippen LogP contribution in [0.3, 0.4) is 0 Å². The number of carbonyl (C=O) groups is 1. The van der Waals surface area contributed by atoms with Crippen LogP contribution >= 0.6 is 0 Å². The molecule has 0 radical (unpaired) electrons. The summed E-state index contributed by atoms with van der Waals surface area (Å²) in [6.07, 6.45) is 12.6. The number of piperidine rings is 1. The maximum absolute atomic E-state index is 13.3. The molecule has 3 heterocycles. The third-order valence-electron chi connectivity index (χ3n) is 7.10. The van der Waals surface area contributed by atoms with E-state index < -0.39 is 0 Å². The fourth-order valence-corrected chi connectivity index (χ4v) is 5.29. The van der Waals surface area contributed by atoms with E-state index in [-0.39, 0.29) is 11.9 Å². The van der Waals surface area contributed by atoms with E-state index in [1.807, 2.05) is 42.5 Å². The maximum atomic E-state index is 13.3. The molecule has 166 valence electrons. The summed E-state index contributed by atoms with van der Waals surface area (Å²) in [6, 6.07) is 13.9. The number of benzene rings is 1. The van der Waals surface area contributed by atoms with Gasteiger partial charge in [-0.25, -0.2) is 4.98 Å². The van der Waals surface area contributed by atoms with Crippen molar-refractivity contribution in [1.29, 1.82) is 0 Å². The summed E-state index contributed by atoms with van der Waals surface area (Å²) in [6.45, 7) is 3.41. The fourth-order valence-electron chi connectivity index (χ4n) is 5.29. The highest BCUT2D eigenvalue weighted by Crippen LogP contribution is 2.27. The van der Waals surface area contributed by atoms with E-state index in [2.05, 4.69) is 15.2 Å². The quantitative estimate of drug-likeness (QED) is 0.616. The normalized spacial score (nSPS) is 18.6. The number of carbonyl (C=O) groups excluding carboxylic acids is 1. The number of pyridine rings is 2. The first kappa shape index (κ1) is 21.1. The molecule has 1 aromatic carbocycles. The lowest BCUT2D eigenvalue weighted by atomic mass is 9.88. The molecule has 1 aliphatic carbocycles. The smallest absolute Gasteiger partial charge is 0.252 e. The molecule has 2 aromatic heterocycles. The standard InChI is InChI=1S/C27H32N4O/c32-27(29-22-12-16-31(17-13-22)19-20-6-2-1-3-7-20)24-18-26(21-10-14-28-15-11-21)30-25-9-5-4-8-23(24)25/h4-5,8-11,14-15,18,20,22H,1-3,6-7,12-13,16-17,19H2,(H,29,32). The minimum absolute atomic E-state index is 0.00429. The van der Waals surface area contributed by atoms with Crippen LogP contribution in [-0.2, 0) is 0 Å². The maximum Gasteiger partial charge on any atom is 0.252 e. The molecule has 5 heteroatoms. The van der Waals surface area contributed by atoms with Crippen LogP contribution < -0.4 is 5.32 Å². The van der Waals surface area contributed by atoms with Gasteiger partial charge in [-0.3, -0.25) is 9.78 Å². The molecule has 0 bridgehead atoms. The van der Waals surface area contributed by atoms with Crippen molar-refractivity contribution in [1.82, 2.24) is 20.2 Å². The molecule has 1 N–H and O–H groups in total. The average molecular weight is 429 g/mol. The SMILES string of the molecule is O=C(NC1CCN(CC2CCCCC2)CC1)c1cc(-c2ccncc2)nc2ccccc12. The number of para-hydroxylation sites is 1. The van der Waals surface area contributed by atoms with Crippen LogP contribution in [0.5, 0.6) is 0 Å². The number of hydrogen-bond donors (Lipinski definition) is 1. The summed E-state index contributed by atoms with van der Waals surface area (Å²) in [5, 5.41) is 4.22. The minimum atomic E-state index is 0.00429.